The van der Waals surface area contributed by atoms with Crippen LogP contribution in [0.4, 0.5) is 0 Å². The minimum Gasteiger partial charge on any atom is -0.486 e. The molecule has 2 aromatic carbocycles. The maximum Gasteiger partial charge on any atom is 0.216 e. The molecular formula is C39H43IrN3OSi-2. The van der Waals surface area contributed by atoms with Gasteiger partial charge in [-0.25, -0.2) is 4.98 Å². The van der Waals surface area contributed by atoms with Crippen molar-refractivity contribution in [3.05, 3.63) is 108 Å². The molecule has 0 aliphatic heterocycles. The van der Waals surface area contributed by atoms with Crippen molar-refractivity contribution in [2.24, 2.45) is 11.8 Å². The predicted molar refractivity (Wildman–Crippen MR) is 187 cm³/mol. The zero-order valence-electron chi connectivity index (χ0n) is 36.5. The summed E-state index contributed by atoms with van der Waals surface area (Å²) in [6.07, 6.45) is 0.364. The van der Waals surface area contributed by atoms with Gasteiger partial charge in [-0.3, -0.25) is 0 Å². The second kappa shape index (κ2) is 14.8. The first kappa shape index (κ1) is 23.0. The summed E-state index contributed by atoms with van der Waals surface area (Å²) in [6.45, 7) is 11.6. The molecule has 4 heterocycles. The van der Waals surface area contributed by atoms with Crippen molar-refractivity contribution in [3.63, 3.8) is 0 Å². The van der Waals surface area contributed by atoms with E-state index < -0.39 is 27.7 Å². The monoisotopic (exact) mass is 800 g/mol. The molecule has 0 amide bonds. The first-order chi connectivity index (χ1) is 24.9. The van der Waals surface area contributed by atoms with Gasteiger partial charge in [0.25, 0.3) is 0 Å². The number of hydrogen-bond donors (Lipinski definition) is 0. The third kappa shape index (κ3) is 8.64. The van der Waals surface area contributed by atoms with Gasteiger partial charge < -0.3 is 14.4 Å². The quantitative estimate of drug-likeness (QED) is 0.119. The molecule has 0 saturated carbocycles. The second-order valence-corrected chi connectivity index (χ2v) is 17.3. The van der Waals surface area contributed by atoms with Crippen molar-refractivity contribution in [2.45, 2.75) is 66.9 Å². The van der Waals surface area contributed by atoms with Gasteiger partial charge in [0.05, 0.1) is 13.7 Å². The van der Waals surface area contributed by atoms with Crippen molar-refractivity contribution >= 4 is 35.3 Å². The van der Waals surface area contributed by atoms with Gasteiger partial charge in [0.1, 0.15) is 0 Å². The average Bonchev–Trinajstić information content (AvgIpc) is 3.47. The Kier molecular flexibility index (Phi) is 7.54. The molecule has 0 saturated heterocycles. The van der Waals surface area contributed by atoms with Crippen molar-refractivity contribution < 1.29 is 38.2 Å². The Morgan fingerprint density at radius 1 is 0.889 bits per heavy atom. The maximum atomic E-state index is 8.57. The number of fused-ring (bicyclic) bond motifs is 3. The van der Waals surface area contributed by atoms with Gasteiger partial charge in [-0.1, -0.05) is 76.0 Å². The molecule has 45 heavy (non-hydrogen) atoms. The Bertz CT molecular complexity index is 2310. The van der Waals surface area contributed by atoms with E-state index in [1.807, 2.05) is 33.8 Å². The summed E-state index contributed by atoms with van der Waals surface area (Å²) in [4.78, 5) is 13.0. The third-order valence-corrected chi connectivity index (χ3v) is 8.76. The topological polar surface area (TPSA) is 51.8 Å². The molecular weight excluding hydrogens is 747 g/mol. The number of aromatic nitrogens is 3. The van der Waals surface area contributed by atoms with Crippen LogP contribution in [0.1, 0.15) is 58.2 Å². The molecule has 0 aliphatic rings. The van der Waals surface area contributed by atoms with Gasteiger partial charge in [0, 0.05) is 55.9 Å². The predicted octanol–water partition coefficient (Wildman–Crippen LogP) is 9.64. The smallest absolute Gasteiger partial charge is 0.216 e. The van der Waals surface area contributed by atoms with Crippen molar-refractivity contribution in [2.75, 3.05) is 0 Å². The van der Waals surface area contributed by atoms with Crippen LogP contribution in [0.3, 0.4) is 0 Å². The third-order valence-electron chi connectivity index (χ3n) is 6.74. The number of hydrogen-bond acceptors (Lipinski definition) is 4. The molecule has 6 rings (SSSR count). The number of benzene rings is 2. The van der Waals surface area contributed by atoms with Gasteiger partial charge in [-0.15, -0.1) is 59.6 Å². The number of rotatable bonds is 7. The number of pyridine rings is 3. The van der Waals surface area contributed by atoms with Crippen LogP contribution in [0.15, 0.2) is 83.5 Å². The van der Waals surface area contributed by atoms with Crippen LogP contribution >= 0.6 is 0 Å². The molecule has 6 aromatic rings. The molecule has 0 spiro atoms. The van der Waals surface area contributed by atoms with Gasteiger partial charge in [-0.2, -0.15) is 0 Å². The molecule has 0 bridgehead atoms. The van der Waals surface area contributed by atoms with Crippen LogP contribution in [-0.4, -0.2) is 23.0 Å². The van der Waals surface area contributed by atoms with Crippen molar-refractivity contribution in [3.8, 4) is 22.5 Å². The Morgan fingerprint density at radius 3 is 2.38 bits per heavy atom. The van der Waals surface area contributed by atoms with Crippen LogP contribution in [0, 0.1) is 30.8 Å². The molecule has 0 fully saturated rings. The van der Waals surface area contributed by atoms with Gasteiger partial charge in [0.2, 0.25) is 5.71 Å². The van der Waals surface area contributed by atoms with Gasteiger partial charge in [-0.05, 0) is 67.6 Å². The standard InChI is InChI=1S/C21H19N2O.C18H24NSi.Ir/c1-13(2)10-15-8-9-22-19(11-15)16-5-7-20-18(12-16)17-6-4-14(3)23-21(17)24-20;1-14(2)11-16-12-17(15-9-7-6-8-10-15)19-13-18(16)20(3,4)5;/h4,6-9,11-13H,10H2,1-3H3;6-9,12-14H,11H2,1-5H3;/q2*-1;/i3D3,10D2;6D,7D,8D,11D2;. The molecule has 1 radical (unpaired) electrons. The Morgan fingerprint density at radius 2 is 1.67 bits per heavy atom. The average molecular weight is 800 g/mol. The molecule has 0 atom stereocenters. The Hall–Kier alpha value is -3.44. The van der Waals surface area contributed by atoms with Crippen molar-refractivity contribution in [1.29, 1.82) is 0 Å². The van der Waals surface area contributed by atoms with Gasteiger partial charge in [0.15, 0.2) is 0 Å². The van der Waals surface area contributed by atoms with Crippen LogP contribution in [-0.2, 0) is 32.9 Å². The molecule has 235 valence electrons. The van der Waals surface area contributed by atoms with Crippen LogP contribution in [0.5, 0.6) is 0 Å². The maximum absolute atomic E-state index is 8.57. The van der Waals surface area contributed by atoms with E-state index in [9.17, 15) is 0 Å². The normalized spacial score (nSPS) is 15.7. The van der Waals surface area contributed by atoms with E-state index in [0.717, 1.165) is 10.6 Å². The zero-order chi connectivity index (χ0) is 40.1. The summed E-state index contributed by atoms with van der Waals surface area (Å²) < 4.78 is 85.3. The summed E-state index contributed by atoms with van der Waals surface area (Å²) in [6, 6.07) is 18.9. The van der Waals surface area contributed by atoms with E-state index in [4.69, 9.17) is 18.1 Å². The summed E-state index contributed by atoms with van der Waals surface area (Å²) in [7, 11) is -1.80. The minimum atomic E-state index is -2.30. The molecule has 6 heteroatoms. The fourth-order valence-corrected chi connectivity index (χ4v) is 6.20. The molecule has 4 nitrogen and oxygen atoms in total. The van der Waals surface area contributed by atoms with Gasteiger partial charge >= 0.3 is 0 Å². The molecule has 0 aliphatic carbocycles. The van der Waals surface area contributed by atoms with Crippen LogP contribution in [0.25, 0.3) is 44.6 Å². The summed E-state index contributed by atoms with van der Waals surface area (Å²) in [5.74, 6) is -0.378. The van der Waals surface area contributed by atoms with E-state index in [1.165, 1.54) is 12.1 Å². The molecule has 0 N–H and O–H groups in total. The summed E-state index contributed by atoms with van der Waals surface area (Å²) in [5, 5.41) is 2.46. The zero-order valence-corrected chi connectivity index (χ0v) is 29.9. The largest absolute Gasteiger partial charge is 0.486 e. The van der Waals surface area contributed by atoms with E-state index in [-0.39, 0.29) is 61.5 Å². The Balaban J connectivity index is 0.000000243. The first-order valence-electron chi connectivity index (χ1n) is 19.7. The van der Waals surface area contributed by atoms with Crippen LogP contribution < -0.4 is 5.19 Å². The Labute approximate surface area is 297 Å². The second-order valence-electron chi connectivity index (χ2n) is 12.2. The molecule has 0 unspecified atom stereocenters. The van der Waals surface area contributed by atoms with E-state index in [0.29, 0.717) is 44.6 Å². The van der Waals surface area contributed by atoms with Crippen molar-refractivity contribution in [1.82, 2.24) is 15.0 Å². The fourth-order valence-electron chi connectivity index (χ4n) is 4.80. The number of aryl methyl sites for hydroxylation is 1. The SMILES string of the molecule is [2H]C([2H])([2H])c1ccc2c(n1)oc1c[c-]c(-c3cc(C([2H])([2H])C(C)C)ccn3)cc12.[2H]c1[c-]c(-c2cc(C([2H])([2H])C(C)C)c([Si](C)(C)C)cn2)cc([2H])c1[2H].[Ir]. The molecule has 4 aromatic heterocycles. The number of furan rings is 1. The van der Waals surface area contributed by atoms with Crippen LogP contribution in [0.2, 0.25) is 19.6 Å². The number of nitrogens with zero attached hydrogens (tertiary/aromatic N) is 3. The first-order valence-corrected chi connectivity index (χ1v) is 18.2. The summed E-state index contributed by atoms with van der Waals surface area (Å²) >= 11 is 0. The van der Waals surface area contributed by atoms with E-state index >= 15 is 0 Å². The minimum absolute atomic E-state index is 0. The van der Waals surface area contributed by atoms with E-state index in [2.05, 4.69) is 46.7 Å². The van der Waals surface area contributed by atoms with E-state index in [1.54, 1.807) is 42.7 Å². The fraction of sp³-hybridized carbons (Fsp3) is 0.308. The summed E-state index contributed by atoms with van der Waals surface area (Å²) in [5.41, 5.74) is 4.23.